The Labute approximate surface area is 146 Å². The van der Waals surface area contributed by atoms with Crippen LogP contribution >= 0.6 is 0 Å². The Morgan fingerprint density at radius 2 is 2.16 bits per heavy atom. The van der Waals surface area contributed by atoms with Gasteiger partial charge in [-0.05, 0) is 50.3 Å². The molecule has 0 spiro atoms. The minimum Gasteiger partial charge on any atom is -0.391 e. The number of carbonyl (C=O) groups is 1. The molecule has 1 aliphatic rings. The zero-order chi connectivity index (χ0) is 18.0. The van der Waals surface area contributed by atoms with Crippen molar-refractivity contribution in [2.45, 2.75) is 25.1 Å². The van der Waals surface area contributed by atoms with Crippen LogP contribution in [0.4, 0.5) is 4.39 Å². The van der Waals surface area contributed by atoms with Gasteiger partial charge in [0.15, 0.2) is 0 Å². The van der Waals surface area contributed by atoms with Crippen LogP contribution < -0.4 is 0 Å². The third kappa shape index (κ3) is 4.03. The summed E-state index contributed by atoms with van der Waals surface area (Å²) in [6.45, 7) is 0.933. The summed E-state index contributed by atoms with van der Waals surface area (Å²) in [6, 6.07) is 9.44. The number of carbonyl (C=O) groups excluding carboxylic acids is 1. The number of halogens is 1. The van der Waals surface area contributed by atoms with Gasteiger partial charge in [-0.25, -0.2) is 4.39 Å². The molecule has 1 fully saturated rings. The molecule has 2 atom stereocenters. The zero-order valence-electron chi connectivity index (χ0n) is 14.4. The van der Waals surface area contributed by atoms with Gasteiger partial charge in [-0.15, -0.1) is 0 Å². The lowest BCUT2D eigenvalue weighted by molar-refractivity contribution is 0.0715. The van der Waals surface area contributed by atoms with E-state index < -0.39 is 6.10 Å². The van der Waals surface area contributed by atoms with Crippen LogP contribution in [0, 0.1) is 5.82 Å². The Bertz CT molecular complexity index is 749. The lowest BCUT2D eigenvalue weighted by atomic mass is 10.0. The SMILES string of the molecule is CN(C)Cc1ccc(C(=O)N2C[C@@H](O)C[C@@H]2c2cccc(F)c2)cn1. The maximum Gasteiger partial charge on any atom is 0.256 e. The first-order valence-electron chi connectivity index (χ1n) is 8.28. The average molecular weight is 343 g/mol. The second-order valence-corrected chi connectivity index (χ2v) is 6.69. The number of β-amino-alcohol motifs (C(OH)–C–C–N with tert-alkyl or cyclic N) is 1. The fourth-order valence-electron chi connectivity index (χ4n) is 3.20. The first-order chi connectivity index (χ1) is 11.9. The molecule has 3 rings (SSSR count). The van der Waals surface area contributed by atoms with Crippen molar-refractivity contribution in [3.8, 4) is 0 Å². The van der Waals surface area contributed by atoms with Crippen molar-refractivity contribution >= 4 is 5.91 Å². The van der Waals surface area contributed by atoms with Crippen molar-refractivity contribution in [2.75, 3.05) is 20.6 Å². The number of aliphatic hydroxyl groups is 1. The number of benzene rings is 1. The van der Waals surface area contributed by atoms with Crippen molar-refractivity contribution < 1.29 is 14.3 Å². The Hall–Kier alpha value is -2.31. The van der Waals surface area contributed by atoms with Gasteiger partial charge in [-0.1, -0.05) is 12.1 Å². The molecule has 0 radical (unpaired) electrons. The van der Waals surface area contributed by atoms with Crippen LogP contribution in [-0.2, 0) is 6.54 Å². The van der Waals surface area contributed by atoms with Gasteiger partial charge in [0.25, 0.3) is 5.91 Å². The number of hydrogen-bond acceptors (Lipinski definition) is 4. The molecule has 1 amide bonds. The number of aromatic nitrogens is 1. The van der Waals surface area contributed by atoms with Crippen molar-refractivity contribution in [1.82, 2.24) is 14.8 Å². The molecule has 2 aromatic rings. The molecular weight excluding hydrogens is 321 g/mol. The Balaban J connectivity index is 1.82. The summed E-state index contributed by atoms with van der Waals surface area (Å²) in [4.78, 5) is 20.8. The molecule has 2 heterocycles. The molecular formula is C19H22FN3O2. The van der Waals surface area contributed by atoms with E-state index >= 15 is 0 Å². The summed E-state index contributed by atoms with van der Waals surface area (Å²) in [7, 11) is 3.91. The number of likely N-dealkylation sites (tertiary alicyclic amines) is 1. The van der Waals surface area contributed by atoms with E-state index in [1.54, 1.807) is 29.3 Å². The van der Waals surface area contributed by atoms with Crippen molar-refractivity contribution in [1.29, 1.82) is 0 Å². The topological polar surface area (TPSA) is 56.7 Å². The Morgan fingerprint density at radius 1 is 1.36 bits per heavy atom. The average Bonchev–Trinajstić information content (AvgIpc) is 2.96. The fraction of sp³-hybridized carbons (Fsp3) is 0.368. The standard InChI is InChI=1S/C19H22FN3O2/c1-22(2)11-16-7-6-14(10-21-16)19(25)23-12-17(24)9-18(23)13-4-3-5-15(20)8-13/h3-8,10,17-18,24H,9,11-12H2,1-2H3/t17-,18+/m0/s1. The van der Waals surface area contributed by atoms with E-state index in [-0.39, 0.29) is 24.3 Å². The molecule has 0 bridgehead atoms. The van der Waals surface area contributed by atoms with E-state index in [4.69, 9.17) is 0 Å². The molecule has 1 aromatic carbocycles. The lowest BCUT2D eigenvalue weighted by Gasteiger charge is -2.25. The number of hydrogen-bond donors (Lipinski definition) is 1. The van der Waals surface area contributed by atoms with Crippen molar-refractivity contribution in [3.05, 3.63) is 65.2 Å². The van der Waals surface area contributed by atoms with Crippen LogP contribution in [0.5, 0.6) is 0 Å². The monoisotopic (exact) mass is 343 g/mol. The van der Waals surface area contributed by atoms with E-state index in [1.165, 1.54) is 12.1 Å². The molecule has 1 N–H and O–H groups in total. The quantitative estimate of drug-likeness (QED) is 0.925. The van der Waals surface area contributed by atoms with Gasteiger partial charge in [0.2, 0.25) is 0 Å². The highest BCUT2D eigenvalue weighted by molar-refractivity contribution is 5.94. The minimum atomic E-state index is -0.613. The molecule has 0 saturated carbocycles. The molecule has 6 heteroatoms. The van der Waals surface area contributed by atoms with Gasteiger partial charge in [0, 0.05) is 19.3 Å². The molecule has 1 aliphatic heterocycles. The van der Waals surface area contributed by atoms with Crippen LogP contribution in [0.25, 0.3) is 0 Å². The smallest absolute Gasteiger partial charge is 0.256 e. The molecule has 5 nitrogen and oxygen atoms in total. The molecule has 132 valence electrons. The predicted octanol–water partition coefficient (Wildman–Crippen LogP) is 2.23. The molecule has 1 saturated heterocycles. The van der Waals surface area contributed by atoms with E-state index in [0.717, 1.165) is 5.69 Å². The minimum absolute atomic E-state index is 0.199. The summed E-state index contributed by atoms with van der Waals surface area (Å²) in [5.41, 5.74) is 2.05. The highest BCUT2D eigenvalue weighted by atomic mass is 19.1. The van der Waals surface area contributed by atoms with E-state index in [2.05, 4.69) is 4.98 Å². The van der Waals surface area contributed by atoms with E-state index in [1.807, 2.05) is 25.1 Å². The second kappa shape index (κ2) is 7.29. The number of aliphatic hydroxyl groups excluding tert-OH is 1. The Morgan fingerprint density at radius 3 is 2.80 bits per heavy atom. The van der Waals surface area contributed by atoms with Gasteiger partial charge in [-0.3, -0.25) is 9.78 Å². The van der Waals surface area contributed by atoms with Crippen molar-refractivity contribution in [2.24, 2.45) is 0 Å². The number of pyridine rings is 1. The summed E-state index contributed by atoms with van der Waals surface area (Å²) in [5.74, 6) is -0.546. The second-order valence-electron chi connectivity index (χ2n) is 6.69. The molecule has 25 heavy (non-hydrogen) atoms. The summed E-state index contributed by atoms with van der Waals surface area (Å²) < 4.78 is 13.5. The van der Waals surface area contributed by atoms with E-state index in [0.29, 0.717) is 24.1 Å². The van der Waals surface area contributed by atoms with Crippen LogP contribution in [-0.4, -0.2) is 52.5 Å². The highest BCUT2D eigenvalue weighted by Crippen LogP contribution is 2.33. The Kier molecular flexibility index (Phi) is 5.11. The van der Waals surface area contributed by atoms with Gasteiger partial charge < -0.3 is 14.9 Å². The number of nitrogens with zero attached hydrogens (tertiary/aromatic N) is 3. The third-order valence-electron chi connectivity index (χ3n) is 4.32. The number of amides is 1. The van der Waals surface area contributed by atoms with Gasteiger partial charge in [-0.2, -0.15) is 0 Å². The van der Waals surface area contributed by atoms with Crippen LogP contribution in [0.2, 0.25) is 0 Å². The summed E-state index contributed by atoms with van der Waals surface area (Å²) in [6.07, 6.45) is 1.36. The van der Waals surface area contributed by atoms with Gasteiger partial charge >= 0.3 is 0 Å². The van der Waals surface area contributed by atoms with Crippen LogP contribution in [0.15, 0.2) is 42.6 Å². The van der Waals surface area contributed by atoms with Crippen molar-refractivity contribution in [3.63, 3.8) is 0 Å². The zero-order valence-corrected chi connectivity index (χ0v) is 14.4. The first-order valence-corrected chi connectivity index (χ1v) is 8.28. The summed E-state index contributed by atoms with van der Waals surface area (Å²) in [5, 5.41) is 10.0. The predicted molar refractivity (Wildman–Crippen MR) is 92.4 cm³/mol. The largest absolute Gasteiger partial charge is 0.391 e. The lowest BCUT2D eigenvalue weighted by Crippen LogP contribution is -2.32. The fourth-order valence-corrected chi connectivity index (χ4v) is 3.20. The maximum absolute atomic E-state index is 13.5. The normalized spacial score (nSPS) is 20.3. The molecule has 1 aromatic heterocycles. The number of rotatable bonds is 4. The van der Waals surface area contributed by atoms with E-state index in [9.17, 15) is 14.3 Å². The maximum atomic E-state index is 13.5. The summed E-state index contributed by atoms with van der Waals surface area (Å²) >= 11 is 0. The van der Waals surface area contributed by atoms with Crippen LogP contribution in [0.3, 0.4) is 0 Å². The first kappa shape index (κ1) is 17.5. The highest BCUT2D eigenvalue weighted by Gasteiger charge is 2.35. The van der Waals surface area contributed by atoms with Gasteiger partial charge in [0.1, 0.15) is 5.82 Å². The van der Waals surface area contributed by atoms with Gasteiger partial charge in [0.05, 0.1) is 23.4 Å². The van der Waals surface area contributed by atoms with Crippen LogP contribution in [0.1, 0.15) is 34.1 Å². The molecule has 0 aliphatic carbocycles. The molecule has 0 unspecified atom stereocenters. The third-order valence-corrected chi connectivity index (χ3v) is 4.32.